The largest absolute Gasteiger partial charge is 0.466 e. The summed E-state index contributed by atoms with van der Waals surface area (Å²) in [7, 11) is 0. The number of nitrogens with two attached hydrogens (primary N) is 1. The highest BCUT2D eigenvalue weighted by Crippen LogP contribution is 2.30. The molecule has 0 aromatic heterocycles. The molecule has 5 heteroatoms. The van der Waals surface area contributed by atoms with E-state index in [1.807, 2.05) is 0 Å². The number of esters is 1. The lowest BCUT2D eigenvalue weighted by Crippen LogP contribution is -2.17. The molecule has 1 aromatic carbocycles. The fourth-order valence-electron chi connectivity index (χ4n) is 1.32. The molecule has 0 aliphatic heterocycles. The van der Waals surface area contributed by atoms with Gasteiger partial charge in [0, 0.05) is 6.04 Å². The Hall–Kier alpha value is -0.770. The number of hydrogen-bond acceptors (Lipinski definition) is 3. The van der Waals surface area contributed by atoms with Crippen molar-refractivity contribution >= 4 is 29.2 Å². The summed E-state index contributed by atoms with van der Waals surface area (Å²) in [6, 6.07) is 4.67. The summed E-state index contributed by atoms with van der Waals surface area (Å²) in [5, 5.41) is 0.819. The second kappa shape index (κ2) is 6.09. The van der Waals surface area contributed by atoms with Gasteiger partial charge in [0.25, 0.3) is 0 Å². The molecule has 0 spiro atoms. The minimum Gasteiger partial charge on any atom is -0.466 e. The summed E-state index contributed by atoms with van der Waals surface area (Å²) in [4.78, 5) is 11.2. The van der Waals surface area contributed by atoms with E-state index in [9.17, 15) is 4.79 Å². The van der Waals surface area contributed by atoms with Crippen LogP contribution in [0, 0.1) is 0 Å². The number of carbonyl (C=O) groups excluding carboxylic acids is 1. The molecule has 0 saturated carbocycles. The third-order valence-electron chi connectivity index (χ3n) is 2.07. The molecule has 0 heterocycles. The molecule has 0 aliphatic rings. The Morgan fingerprint density at radius 1 is 1.50 bits per heavy atom. The predicted molar refractivity (Wildman–Crippen MR) is 64.6 cm³/mol. The molecule has 88 valence electrons. The molecular weight excluding hydrogens is 249 g/mol. The maximum absolute atomic E-state index is 11.2. The normalized spacial score (nSPS) is 12.2. The van der Waals surface area contributed by atoms with Crippen LogP contribution in [-0.4, -0.2) is 12.6 Å². The predicted octanol–water partition coefficient (Wildman–Crippen LogP) is 2.95. The minimum absolute atomic E-state index is 0.0912. The van der Waals surface area contributed by atoms with Crippen LogP contribution in [0.4, 0.5) is 0 Å². The van der Waals surface area contributed by atoms with Crippen molar-refractivity contribution in [1.29, 1.82) is 0 Å². The number of carbonyl (C=O) groups is 1. The van der Waals surface area contributed by atoms with Crippen molar-refractivity contribution < 1.29 is 9.53 Å². The monoisotopic (exact) mass is 261 g/mol. The molecule has 0 radical (unpaired) electrons. The SMILES string of the molecule is CCOC(=O)CC(N)c1cccc(Cl)c1Cl. The molecule has 2 N–H and O–H groups in total. The summed E-state index contributed by atoms with van der Waals surface area (Å²) in [6.07, 6.45) is 0.0912. The Kier molecular flexibility index (Phi) is 5.06. The third kappa shape index (κ3) is 3.37. The van der Waals surface area contributed by atoms with Crippen molar-refractivity contribution in [3.05, 3.63) is 33.8 Å². The highest BCUT2D eigenvalue weighted by molar-refractivity contribution is 6.42. The van der Waals surface area contributed by atoms with Gasteiger partial charge in [-0.3, -0.25) is 4.79 Å². The lowest BCUT2D eigenvalue weighted by molar-refractivity contribution is -0.143. The second-order valence-corrected chi connectivity index (χ2v) is 4.04. The standard InChI is InChI=1S/C11H13Cl2NO2/c1-2-16-10(15)6-9(14)7-4-3-5-8(12)11(7)13/h3-5,9H,2,6,14H2,1H3. The average molecular weight is 262 g/mol. The highest BCUT2D eigenvalue weighted by atomic mass is 35.5. The quantitative estimate of drug-likeness (QED) is 0.849. The molecule has 1 rings (SSSR count). The van der Waals surface area contributed by atoms with Crippen LogP contribution in [0.15, 0.2) is 18.2 Å². The minimum atomic E-state index is -0.495. The number of ether oxygens (including phenoxy) is 1. The van der Waals surface area contributed by atoms with E-state index in [0.717, 1.165) is 0 Å². The molecule has 1 unspecified atom stereocenters. The van der Waals surface area contributed by atoms with E-state index < -0.39 is 6.04 Å². The van der Waals surface area contributed by atoms with Gasteiger partial charge < -0.3 is 10.5 Å². The van der Waals surface area contributed by atoms with Crippen molar-refractivity contribution in [2.75, 3.05) is 6.61 Å². The fraction of sp³-hybridized carbons (Fsp3) is 0.364. The highest BCUT2D eigenvalue weighted by Gasteiger charge is 2.16. The molecule has 0 aliphatic carbocycles. The first-order valence-corrected chi connectivity index (χ1v) is 5.67. The fourth-order valence-corrected chi connectivity index (χ4v) is 1.76. The maximum Gasteiger partial charge on any atom is 0.307 e. The van der Waals surface area contributed by atoms with Crippen LogP contribution in [-0.2, 0) is 9.53 Å². The van der Waals surface area contributed by atoms with Crippen LogP contribution in [0.1, 0.15) is 24.9 Å². The van der Waals surface area contributed by atoms with Gasteiger partial charge in [-0.25, -0.2) is 0 Å². The molecule has 16 heavy (non-hydrogen) atoms. The van der Waals surface area contributed by atoms with Gasteiger partial charge in [0.05, 0.1) is 23.1 Å². The van der Waals surface area contributed by atoms with Gasteiger partial charge in [0.15, 0.2) is 0 Å². The third-order valence-corrected chi connectivity index (χ3v) is 2.91. The maximum atomic E-state index is 11.2. The van der Waals surface area contributed by atoms with Crippen LogP contribution >= 0.6 is 23.2 Å². The molecule has 0 fully saturated rings. The topological polar surface area (TPSA) is 52.3 Å². The van der Waals surface area contributed by atoms with Gasteiger partial charge >= 0.3 is 5.97 Å². The Balaban J connectivity index is 2.76. The number of hydrogen-bond donors (Lipinski definition) is 1. The van der Waals surface area contributed by atoms with E-state index in [-0.39, 0.29) is 12.4 Å². The average Bonchev–Trinajstić information content (AvgIpc) is 2.22. The Bertz CT molecular complexity index is 382. The van der Waals surface area contributed by atoms with Crippen molar-refractivity contribution in [2.45, 2.75) is 19.4 Å². The van der Waals surface area contributed by atoms with E-state index in [1.165, 1.54) is 0 Å². The van der Waals surface area contributed by atoms with Crippen LogP contribution in [0.3, 0.4) is 0 Å². The van der Waals surface area contributed by atoms with Gasteiger partial charge in [-0.2, -0.15) is 0 Å². The van der Waals surface area contributed by atoms with Crippen LogP contribution < -0.4 is 5.73 Å². The molecule has 0 amide bonds. The van der Waals surface area contributed by atoms with Crippen LogP contribution in [0.2, 0.25) is 10.0 Å². The zero-order valence-corrected chi connectivity index (χ0v) is 10.4. The van der Waals surface area contributed by atoms with Gasteiger partial charge in [0.2, 0.25) is 0 Å². The molecule has 0 saturated heterocycles. The zero-order chi connectivity index (χ0) is 12.1. The van der Waals surface area contributed by atoms with Gasteiger partial charge in [0.1, 0.15) is 0 Å². The summed E-state index contributed by atoms with van der Waals surface area (Å²) < 4.78 is 4.81. The van der Waals surface area contributed by atoms with Crippen molar-refractivity contribution in [1.82, 2.24) is 0 Å². The van der Waals surface area contributed by atoms with E-state index in [4.69, 9.17) is 33.7 Å². The lowest BCUT2D eigenvalue weighted by atomic mass is 10.0. The first-order chi connectivity index (χ1) is 7.56. The summed E-state index contributed by atoms with van der Waals surface area (Å²) in [6.45, 7) is 2.09. The van der Waals surface area contributed by atoms with Crippen LogP contribution in [0.25, 0.3) is 0 Å². The van der Waals surface area contributed by atoms with Crippen molar-refractivity contribution in [3.63, 3.8) is 0 Å². The molecular formula is C11H13Cl2NO2. The Morgan fingerprint density at radius 2 is 2.19 bits per heavy atom. The lowest BCUT2D eigenvalue weighted by Gasteiger charge is -2.13. The number of benzene rings is 1. The van der Waals surface area contributed by atoms with E-state index >= 15 is 0 Å². The summed E-state index contributed by atoms with van der Waals surface area (Å²) in [5.41, 5.74) is 6.51. The zero-order valence-electron chi connectivity index (χ0n) is 8.87. The number of halogens is 2. The van der Waals surface area contributed by atoms with Gasteiger partial charge in [-0.05, 0) is 18.6 Å². The summed E-state index contributed by atoms with van der Waals surface area (Å²) in [5.74, 6) is -0.342. The molecule has 1 atom stereocenters. The molecule has 1 aromatic rings. The first-order valence-electron chi connectivity index (χ1n) is 4.91. The van der Waals surface area contributed by atoms with Crippen LogP contribution in [0.5, 0.6) is 0 Å². The van der Waals surface area contributed by atoms with E-state index in [0.29, 0.717) is 22.2 Å². The van der Waals surface area contributed by atoms with Crippen molar-refractivity contribution in [3.8, 4) is 0 Å². The number of rotatable bonds is 4. The summed E-state index contributed by atoms with van der Waals surface area (Å²) >= 11 is 11.8. The van der Waals surface area contributed by atoms with Gasteiger partial charge in [-0.15, -0.1) is 0 Å². The Morgan fingerprint density at radius 3 is 2.81 bits per heavy atom. The van der Waals surface area contributed by atoms with E-state index in [1.54, 1.807) is 25.1 Å². The molecule has 0 bridgehead atoms. The first kappa shape index (κ1) is 13.3. The van der Waals surface area contributed by atoms with Crippen molar-refractivity contribution in [2.24, 2.45) is 5.73 Å². The molecule has 3 nitrogen and oxygen atoms in total. The smallest absolute Gasteiger partial charge is 0.307 e. The van der Waals surface area contributed by atoms with Gasteiger partial charge in [-0.1, -0.05) is 35.3 Å². The second-order valence-electron chi connectivity index (χ2n) is 3.26. The Labute approximate surface area is 104 Å². The van der Waals surface area contributed by atoms with E-state index in [2.05, 4.69) is 0 Å².